The molecular formula is C25H20O2. The van der Waals surface area contributed by atoms with Crippen LogP contribution in [0.5, 0.6) is 0 Å². The molecule has 0 radical (unpaired) electrons. The molecule has 0 bridgehead atoms. The van der Waals surface area contributed by atoms with E-state index in [1.54, 1.807) is 0 Å². The van der Waals surface area contributed by atoms with Gasteiger partial charge in [0.2, 0.25) is 0 Å². The normalized spacial score (nSPS) is 32.2. The van der Waals surface area contributed by atoms with Gasteiger partial charge in [0, 0.05) is 11.3 Å². The summed E-state index contributed by atoms with van der Waals surface area (Å²) in [7, 11) is 0. The van der Waals surface area contributed by atoms with Crippen molar-refractivity contribution in [3.05, 3.63) is 107 Å². The molecule has 2 aromatic rings. The quantitative estimate of drug-likeness (QED) is 0.718. The third kappa shape index (κ3) is 1.77. The van der Waals surface area contributed by atoms with Gasteiger partial charge in [-0.15, -0.1) is 0 Å². The third-order valence-electron chi connectivity index (χ3n) is 6.82. The SMILES string of the molecule is OC1C2=C(C=CCC23C=CC=C2c4ccccc4C(O)C23)c2ccccc21. The Morgan fingerprint density at radius 1 is 0.889 bits per heavy atom. The maximum Gasteiger partial charge on any atom is 0.102 e. The van der Waals surface area contributed by atoms with E-state index < -0.39 is 17.6 Å². The molecule has 132 valence electrons. The molecule has 0 saturated carbocycles. The zero-order chi connectivity index (χ0) is 18.2. The molecule has 0 saturated heterocycles. The highest BCUT2D eigenvalue weighted by atomic mass is 16.3. The summed E-state index contributed by atoms with van der Waals surface area (Å²) in [5.41, 5.74) is 7.19. The Labute approximate surface area is 158 Å². The van der Waals surface area contributed by atoms with Crippen molar-refractivity contribution in [1.29, 1.82) is 0 Å². The van der Waals surface area contributed by atoms with Crippen LogP contribution < -0.4 is 0 Å². The maximum atomic E-state index is 11.3. The van der Waals surface area contributed by atoms with E-state index in [2.05, 4.69) is 42.5 Å². The standard InChI is InChI=1S/C25H20O2/c26-23-19-9-3-1-7-15(19)17-11-5-13-25(21(17)23)14-6-12-18-16-8-2-4-10-20(16)24(27)22(18)25/h1-13,21,23-24,26-27H,14H2. The van der Waals surface area contributed by atoms with E-state index in [0.717, 1.165) is 39.8 Å². The molecule has 4 aliphatic carbocycles. The number of allylic oxidation sites excluding steroid dienone is 6. The molecular weight excluding hydrogens is 332 g/mol. The van der Waals surface area contributed by atoms with Crippen molar-refractivity contribution in [3.63, 3.8) is 0 Å². The summed E-state index contributed by atoms with van der Waals surface area (Å²) in [6.07, 6.45) is 10.4. The molecule has 2 aromatic carbocycles. The Balaban J connectivity index is 1.59. The monoisotopic (exact) mass is 352 g/mol. The van der Waals surface area contributed by atoms with Crippen LogP contribution >= 0.6 is 0 Å². The van der Waals surface area contributed by atoms with E-state index in [1.807, 2.05) is 36.4 Å². The zero-order valence-corrected chi connectivity index (χ0v) is 14.8. The summed E-state index contributed by atoms with van der Waals surface area (Å²) in [4.78, 5) is 0. The van der Waals surface area contributed by atoms with Gasteiger partial charge in [0.1, 0.15) is 6.10 Å². The highest BCUT2D eigenvalue weighted by Gasteiger charge is 2.54. The number of aliphatic hydroxyl groups is 2. The van der Waals surface area contributed by atoms with Crippen molar-refractivity contribution in [2.24, 2.45) is 11.3 Å². The molecule has 6 rings (SSSR count). The van der Waals surface area contributed by atoms with E-state index in [9.17, 15) is 10.2 Å². The lowest BCUT2D eigenvalue weighted by atomic mass is 9.59. The second-order valence-electron chi connectivity index (χ2n) is 7.95. The number of hydrogen-bond acceptors (Lipinski definition) is 2. The van der Waals surface area contributed by atoms with Gasteiger partial charge in [-0.3, -0.25) is 0 Å². The molecule has 2 N–H and O–H groups in total. The lowest BCUT2D eigenvalue weighted by Gasteiger charge is -2.44. The third-order valence-corrected chi connectivity index (χ3v) is 6.82. The molecule has 27 heavy (non-hydrogen) atoms. The first-order valence-electron chi connectivity index (χ1n) is 9.58. The van der Waals surface area contributed by atoms with Gasteiger partial charge in [0.25, 0.3) is 0 Å². The van der Waals surface area contributed by atoms with Gasteiger partial charge in [-0.25, -0.2) is 0 Å². The first kappa shape index (κ1) is 15.4. The van der Waals surface area contributed by atoms with Crippen LogP contribution in [0.15, 0.2) is 84.5 Å². The Hall–Kier alpha value is -2.68. The van der Waals surface area contributed by atoms with Crippen LogP contribution in [0.4, 0.5) is 0 Å². The number of rotatable bonds is 0. The average Bonchev–Trinajstić information content (AvgIpc) is 3.17. The molecule has 0 heterocycles. The Morgan fingerprint density at radius 2 is 1.63 bits per heavy atom. The second-order valence-corrected chi connectivity index (χ2v) is 7.95. The van der Waals surface area contributed by atoms with Crippen LogP contribution in [0.25, 0.3) is 11.1 Å². The summed E-state index contributed by atoms with van der Waals surface area (Å²) in [5, 5.41) is 22.6. The van der Waals surface area contributed by atoms with E-state index in [0.29, 0.717) is 0 Å². The van der Waals surface area contributed by atoms with Crippen LogP contribution in [-0.4, -0.2) is 10.2 Å². The lowest BCUT2D eigenvalue weighted by molar-refractivity contribution is 0.0823. The van der Waals surface area contributed by atoms with Crippen molar-refractivity contribution in [3.8, 4) is 0 Å². The number of hydrogen-bond donors (Lipinski definition) is 2. The molecule has 2 nitrogen and oxygen atoms in total. The zero-order valence-electron chi connectivity index (χ0n) is 14.8. The topological polar surface area (TPSA) is 40.5 Å². The summed E-state index contributed by atoms with van der Waals surface area (Å²) in [6, 6.07) is 16.3. The fraction of sp³-hybridized carbons (Fsp3) is 0.200. The van der Waals surface area contributed by atoms with Crippen molar-refractivity contribution < 1.29 is 10.2 Å². The molecule has 0 aromatic heterocycles. The molecule has 2 heteroatoms. The highest BCUT2D eigenvalue weighted by molar-refractivity contribution is 5.88. The van der Waals surface area contributed by atoms with Gasteiger partial charge in [0.15, 0.2) is 0 Å². The van der Waals surface area contributed by atoms with Gasteiger partial charge in [-0.2, -0.15) is 0 Å². The summed E-state index contributed by atoms with van der Waals surface area (Å²) < 4.78 is 0. The molecule has 4 aliphatic rings. The van der Waals surface area contributed by atoms with Crippen molar-refractivity contribution in [2.45, 2.75) is 18.6 Å². The van der Waals surface area contributed by atoms with Crippen LogP contribution in [0, 0.1) is 11.3 Å². The smallest absolute Gasteiger partial charge is 0.102 e. The van der Waals surface area contributed by atoms with Gasteiger partial charge < -0.3 is 10.2 Å². The summed E-state index contributed by atoms with van der Waals surface area (Å²) in [5.74, 6) is -0.0705. The predicted molar refractivity (Wildman–Crippen MR) is 107 cm³/mol. The minimum atomic E-state index is -0.624. The Morgan fingerprint density at radius 3 is 2.48 bits per heavy atom. The van der Waals surface area contributed by atoms with Crippen LogP contribution in [0.2, 0.25) is 0 Å². The molecule has 0 aliphatic heterocycles. The number of benzene rings is 2. The maximum absolute atomic E-state index is 11.3. The van der Waals surface area contributed by atoms with Crippen molar-refractivity contribution in [2.75, 3.05) is 0 Å². The van der Waals surface area contributed by atoms with Crippen LogP contribution in [0.1, 0.15) is 40.9 Å². The molecule has 1 spiro atoms. The van der Waals surface area contributed by atoms with E-state index in [4.69, 9.17) is 0 Å². The molecule has 0 fully saturated rings. The lowest BCUT2D eigenvalue weighted by Crippen LogP contribution is -2.36. The van der Waals surface area contributed by atoms with Gasteiger partial charge in [-0.05, 0) is 45.4 Å². The molecule has 4 unspecified atom stereocenters. The molecule has 0 amide bonds. The summed E-state index contributed by atoms with van der Waals surface area (Å²) in [6.45, 7) is 0. The number of aliphatic hydroxyl groups excluding tert-OH is 2. The molecule has 4 atom stereocenters. The highest BCUT2D eigenvalue weighted by Crippen LogP contribution is 2.64. The fourth-order valence-electron chi connectivity index (χ4n) is 5.76. The summed E-state index contributed by atoms with van der Waals surface area (Å²) >= 11 is 0. The van der Waals surface area contributed by atoms with Gasteiger partial charge >= 0.3 is 0 Å². The van der Waals surface area contributed by atoms with Gasteiger partial charge in [-0.1, -0.05) is 78.9 Å². The predicted octanol–water partition coefficient (Wildman–Crippen LogP) is 4.75. The largest absolute Gasteiger partial charge is 0.388 e. The van der Waals surface area contributed by atoms with E-state index in [-0.39, 0.29) is 5.92 Å². The Kier molecular flexibility index (Phi) is 2.96. The number of fused-ring (bicyclic) bond motifs is 7. The average molecular weight is 352 g/mol. The first-order valence-corrected chi connectivity index (χ1v) is 9.58. The minimum absolute atomic E-state index is 0.0705. The van der Waals surface area contributed by atoms with Gasteiger partial charge in [0.05, 0.1) is 6.10 Å². The van der Waals surface area contributed by atoms with Crippen molar-refractivity contribution >= 4 is 11.1 Å². The van der Waals surface area contributed by atoms with E-state index in [1.165, 1.54) is 5.57 Å². The first-order chi connectivity index (χ1) is 13.2. The Bertz CT molecular complexity index is 1100. The second kappa shape index (κ2) is 5.19. The van der Waals surface area contributed by atoms with Crippen LogP contribution in [-0.2, 0) is 0 Å². The van der Waals surface area contributed by atoms with E-state index >= 15 is 0 Å². The van der Waals surface area contributed by atoms with Crippen molar-refractivity contribution in [1.82, 2.24) is 0 Å². The van der Waals surface area contributed by atoms with Crippen LogP contribution in [0.3, 0.4) is 0 Å². The fourth-order valence-corrected chi connectivity index (χ4v) is 5.76. The minimum Gasteiger partial charge on any atom is -0.388 e.